The molecule has 0 bridgehead atoms. The molecular formula is C23H27FN2O2. The van der Waals surface area contributed by atoms with Gasteiger partial charge >= 0.3 is 0 Å². The van der Waals surface area contributed by atoms with E-state index in [0.29, 0.717) is 36.4 Å². The number of nitrogens with zero attached hydrogens (tertiary/aromatic N) is 1. The fourth-order valence-electron chi connectivity index (χ4n) is 4.71. The summed E-state index contributed by atoms with van der Waals surface area (Å²) in [4.78, 5) is 30.9. The van der Waals surface area contributed by atoms with Crippen LogP contribution < -0.4 is 0 Å². The zero-order valence-electron chi connectivity index (χ0n) is 16.4. The third-order valence-corrected chi connectivity index (χ3v) is 6.17. The highest BCUT2D eigenvalue weighted by molar-refractivity contribution is 6.10. The van der Waals surface area contributed by atoms with Crippen LogP contribution in [0.3, 0.4) is 0 Å². The van der Waals surface area contributed by atoms with Gasteiger partial charge in [0.15, 0.2) is 5.78 Å². The van der Waals surface area contributed by atoms with Gasteiger partial charge in [0, 0.05) is 30.9 Å². The number of nitrogens with one attached hydrogen (secondary N) is 1. The standard InChI is InChI=1S/C23H27FN2O2/c1-15-21(22-19(25-15)9-4-10-20(22)27)23(28)26-13-5-6-16(14-26)11-12-17-7-2-3-8-18(17)24/h2-3,7-8,16,25H,4-6,9-14H2,1H3/t16-/m0/s1. The third-order valence-electron chi connectivity index (χ3n) is 6.17. The van der Waals surface area contributed by atoms with Gasteiger partial charge in [-0.2, -0.15) is 0 Å². The molecule has 1 aliphatic carbocycles. The number of halogens is 1. The summed E-state index contributed by atoms with van der Waals surface area (Å²) in [5.41, 5.74) is 3.67. The molecule has 1 amide bonds. The van der Waals surface area contributed by atoms with E-state index in [1.54, 1.807) is 6.07 Å². The molecule has 28 heavy (non-hydrogen) atoms. The Balaban J connectivity index is 1.46. The van der Waals surface area contributed by atoms with Gasteiger partial charge in [-0.25, -0.2) is 4.39 Å². The summed E-state index contributed by atoms with van der Waals surface area (Å²) in [7, 11) is 0. The Kier molecular flexibility index (Phi) is 5.33. The van der Waals surface area contributed by atoms with Crippen LogP contribution in [0.25, 0.3) is 0 Å². The number of fused-ring (bicyclic) bond motifs is 1. The smallest absolute Gasteiger partial charge is 0.256 e. The lowest BCUT2D eigenvalue weighted by Gasteiger charge is -2.33. The van der Waals surface area contributed by atoms with Crippen LogP contribution in [-0.4, -0.2) is 34.7 Å². The Morgan fingerprint density at radius 1 is 1.25 bits per heavy atom. The van der Waals surface area contributed by atoms with E-state index < -0.39 is 0 Å². The van der Waals surface area contributed by atoms with E-state index in [0.717, 1.165) is 55.6 Å². The number of aryl methyl sites for hydroxylation is 3. The van der Waals surface area contributed by atoms with Crippen molar-refractivity contribution < 1.29 is 14.0 Å². The van der Waals surface area contributed by atoms with Gasteiger partial charge in [0.2, 0.25) is 0 Å². The molecule has 1 aliphatic heterocycles. The zero-order chi connectivity index (χ0) is 19.7. The van der Waals surface area contributed by atoms with E-state index in [4.69, 9.17) is 0 Å². The molecule has 0 radical (unpaired) electrons. The van der Waals surface area contributed by atoms with Gasteiger partial charge in [0.1, 0.15) is 5.82 Å². The second-order valence-corrected chi connectivity index (χ2v) is 8.14. The number of rotatable bonds is 4. The maximum atomic E-state index is 13.9. The van der Waals surface area contributed by atoms with Crippen LogP contribution in [0.5, 0.6) is 0 Å². The molecule has 0 unspecified atom stereocenters. The number of aromatic amines is 1. The van der Waals surface area contributed by atoms with Crippen molar-refractivity contribution in [3.63, 3.8) is 0 Å². The third kappa shape index (κ3) is 3.62. The van der Waals surface area contributed by atoms with Gasteiger partial charge in [-0.15, -0.1) is 0 Å². The number of carbonyl (C=O) groups excluding carboxylic acids is 2. The van der Waals surface area contributed by atoms with Crippen LogP contribution in [0.4, 0.5) is 4.39 Å². The summed E-state index contributed by atoms with van der Waals surface area (Å²) in [6.45, 7) is 3.29. The maximum Gasteiger partial charge on any atom is 0.256 e. The molecular weight excluding hydrogens is 355 g/mol. The molecule has 1 N–H and O–H groups in total. The number of Topliss-reactive ketones (excluding diaryl/α,β-unsaturated/α-hetero) is 1. The van der Waals surface area contributed by atoms with Crippen molar-refractivity contribution in [2.75, 3.05) is 13.1 Å². The minimum Gasteiger partial charge on any atom is -0.361 e. The minimum atomic E-state index is -0.153. The van der Waals surface area contributed by atoms with E-state index >= 15 is 0 Å². The zero-order valence-corrected chi connectivity index (χ0v) is 16.4. The lowest BCUT2D eigenvalue weighted by atomic mass is 9.90. The minimum absolute atomic E-state index is 0.0270. The topological polar surface area (TPSA) is 53.2 Å². The molecule has 148 valence electrons. The summed E-state index contributed by atoms with van der Waals surface area (Å²) in [6, 6.07) is 6.91. The van der Waals surface area contributed by atoms with Crippen LogP contribution in [-0.2, 0) is 12.8 Å². The highest BCUT2D eigenvalue weighted by Crippen LogP contribution is 2.30. The van der Waals surface area contributed by atoms with Gasteiger partial charge in [0.25, 0.3) is 5.91 Å². The van der Waals surface area contributed by atoms with Gasteiger partial charge < -0.3 is 9.88 Å². The number of hydrogen-bond donors (Lipinski definition) is 1. The predicted octanol–water partition coefficient (Wildman–Crippen LogP) is 4.47. The fraction of sp³-hybridized carbons (Fsp3) is 0.478. The Labute approximate surface area is 165 Å². The van der Waals surface area contributed by atoms with Gasteiger partial charge in [-0.3, -0.25) is 9.59 Å². The SMILES string of the molecule is Cc1[nH]c2c(c1C(=O)N1CCC[C@@H](CCc3ccccc3F)C1)C(=O)CCC2. The quantitative estimate of drug-likeness (QED) is 0.848. The van der Waals surface area contributed by atoms with E-state index in [2.05, 4.69) is 4.98 Å². The molecule has 1 aromatic carbocycles. The molecule has 2 aromatic rings. The van der Waals surface area contributed by atoms with Crippen LogP contribution in [0.15, 0.2) is 24.3 Å². The molecule has 4 rings (SSSR count). The van der Waals surface area contributed by atoms with Crippen LogP contribution >= 0.6 is 0 Å². The highest BCUT2D eigenvalue weighted by atomic mass is 19.1. The number of benzene rings is 1. The van der Waals surface area contributed by atoms with E-state index in [1.807, 2.05) is 24.0 Å². The van der Waals surface area contributed by atoms with Crippen LogP contribution in [0.1, 0.15) is 69.8 Å². The first-order valence-electron chi connectivity index (χ1n) is 10.3. The second kappa shape index (κ2) is 7.90. The van der Waals surface area contributed by atoms with E-state index in [-0.39, 0.29) is 17.5 Å². The van der Waals surface area contributed by atoms with Crippen molar-refractivity contribution in [2.24, 2.45) is 5.92 Å². The summed E-state index contributed by atoms with van der Waals surface area (Å²) in [5, 5.41) is 0. The fourth-order valence-corrected chi connectivity index (χ4v) is 4.71. The maximum absolute atomic E-state index is 13.9. The molecule has 1 saturated heterocycles. The number of likely N-dealkylation sites (tertiary alicyclic amines) is 1. The van der Waals surface area contributed by atoms with Crippen molar-refractivity contribution in [1.82, 2.24) is 9.88 Å². The number of hydrogen-bond acceptors (Lipinski definition) is 2. The molecule has 2 aliphatic rings. The molecule has 5 heteroatoms. The first-order valence-corrected chi connectivity index (χ1v) is 10.3. The van der Waals surface area contributed by atoms with Crippen LogP contribution in [0, 0.1) is 18.7 Å². The Morgan fingerprint density at radius 3 is 2.89 bits per heavy atom. The summed E-state index contributed by atoms with van der Waals surface area (Å²) in [5.74, 6) is 0.269. The molecule has 2 heterocycles. The van der Waals surface area contributed by atoms with E-state index in [1.165, 1.54) is 6.07 Å². The number of amides is 1. The average molecular weight is 382 g/mol. The van der Waals surface area contributed by atoms with Crippen molar-refractivity contribution in [1.29, 1.82) is 0 Å². The normalized spacial score (nSPS) is 19.6. The first kappa shape index (κ1) is 18.9. The van der Waals surface area contributed by atoms with Crippen LogP contribution in [0.2, 0.25) is 0 Å². The Morgan fingerprint density at radius 2 is 2.07 bits per heavy atom. The lowest BCUT2D eigenvalue weighted by Crippen LogP contribution is -2.40. The lowest BCUT2D eigenvalue weighted by molar-refractivity contribution is 0.0663. The van der Waals surface area contributed by atoms with Gasteiger partial charge in [-0.1, -0.05) is 18.2 Å². The van der Waals surface area contributed by atoms with E-state index in [9.17, 15) is 14.0 Å². The number of H-pyrrole nitrogens is 1. The summed E-state index contributed by atoms with van der Waals surface area (Å²) >= 11 is 0. The highest BCUT2D eigenvalue weighted by Gasteiger charge is 2.32. The largest absolute Gasteiger partial charge is 0.361 e. The average Bonchev–Trinajstić information content (AvgIpc) is 3.04. The monoisotopic (exact) mass is 382 g/mol. The number of piperidine rings is 1. The predicted molar refractivity (Wildman–Crippen MR) is 106 cm³/mol. The Hall–Kier alpha value is -2.43. The molecule has 1 aromatic heterocycles. The Bertz CT molecular complexity index is 902. The molecule has 0 saturated carbocycles. The molecule has 1 fully saturated rings. The van der Waals surface area contributed by atoms with Gasteiger partial charge in [-0.05, 0) is 63.0 Å². The van der Waals surface area contributed by atoms with Gasteiger partial charge in [0.05, 0.1) is 11.1 Å². The molecule has 4 nitrogen and oxygen atoms in total. The number of aromatic nitrogens is 1. The second-order valence-electron chi connectivity index (χ2n) is 8.14. The summed E-state index contributed by atoms with van der Waals surface area (Å²) < 4.78 is 13.9. The molecule has 0 spiro atoms. The van der Waals surface area contributed by atoms with Crippen molar-refractivity contribution in [3.8, 4) is 0 Å². The molecule has 1 atom stereocenters. The number of carbonyl (C=O) groups is 2. The van der Waals surface area contributed by atoms with Crippen molar-refractivity contribution >= 4 is 11.7 Å². The number of ketones is 1. The first-order chi connectivity index (χ1) is 13.5. The van der Waals surface area contributed by atoms with Crippen molar-refractivity contribution in [3.05, 3.63) is 58.2 Å². The van der Waals surface area contributed by atoms with Crippen molar-refractivity contribution in [2.45, 2.75) is 51.9 Å². The summed E-state index contributed by atoms with van der Waals surface area (Å²) in [6.07, 6.45) is 5.77.